The number of carboxylic acid groups (broad SMARTS) is 1. The van der Waals surface area contributed by atoms with Crippen molar-refractivity contribution in [1.82, 2.24) is 0 Å². The van der Waals surface area contributed by atoms with Gasteiger partial charge in [0, 0.05) is 0 Å². The van der Waals surface area contributed by atoms with E-state index in [0.717, 1.165) is 12.8 Å². The van der Waals surface area contributed by atoms with Crippen LogP contribution in [0, 0.1) is 11.8 Å². The Labute approximate surface area is 130 Å². The minimum Gasteiger partial charge on any atom is -0.481 e. The monoisotopic (exact) mass is 312 g/mol. The number of carboxylic acids is 1. The van der Waals surface area contributed by atoms with E-state index >= 15 is 0 Å². The topological polar surface area (TPSA) is 46.5 Å². The van der Waals surface area contributed by atoms with Gasteiger partial charge in [-0.15, -0.1) is 6.58 Å². The number of carbonyl (C=O) groups is 1. The van der Waals surface area contributed by atoms with Gasteiger partial charge < -0.3 is 9.53 Å². The van der Waals surface area contributed by atoms with Crippen LogP contribution < -0.4 is 0 Å². The fourth-order valence-corrected chi connectivity index (χ4v) is 9.67. The molecular weight excluding hydrogens is 280 g/mol. The molecule has 0 bridgehead atoms. The maximum absolute atomic E-state index is 11.2. The lowest BCUT2D eigenvalue weighted by Crippen LogP contribution is -2.50. The molecule has 1 fully saturated rings. The van der Waals surface area contributed by atoms with Gasteiger partial charge in [-0.1, -0.05) is 47.6 Å². The van der Waals surface area contributed by atoms with Crippen LogP contribution in [0.15, 0.2) is 12.7 Å². The maximum Gasteiger partial charge on any atom is 0.306 e. The quantitative estimate of drug-likeness (QED) is 0.489. The first-order valence-electron chi connectivity index (χ1n) is 8.19. The van der Waals surface area contributed by atoms with Crippen LogP contribution in [0.1, 0.15) is 54.4 Å². The molecule has 0 amide bonds. The molecular formula is C17H32O3Si. The summed E-state index contributed by atoms with van der Waals surface area (Å²) in [4.78, 5) is 11.2. The van der Waals surface area contributed by atoms with E-state index in [1.54, 1.807) is 0 Å². The van der Waals surface area contributed by atoms with Crippen molar-refractivity contribution in [2.24, 2.45) is 11.8 Å². The molecule has 0 aromatic carbocycles. The van der Waals surface area contributed by atoms with Crippen molar-refractivity contribution in [2.45, 2.75) is 77.1 Å². The Bertz CT molecular complexity index is 354. The molecule has 0 aromatic heterocycles. The van der Waals surface area contributed by atoms with Gasteiger partial charge >= 0.3 is 5.97 Å². The number of aliphatic carboxylic acids is 1. The highest BCUT2D eigenvalue weighted by atomic mass is 28.4. The molecule has 1 saturated carbocycles. The van der Waals surface area contributed by atoms with Crippen molar-refractivity contribution < 1.29 is 14.3 Å². The van der Waals surface area contributed by atoms with Crippen LogP contribution in [-0.4, -0.2) is 25.5 Å². The third-order valence-corrected chi connectivity index (χ3v) is 11.2. The predicted octanol–water partition coefficient (Wildman–Crippen LogP) is 4.84. The van der Waals surface area contributed by atoms with Crippen LogP contribution in [-0.2, 0) is 9.22 Å². The van der Waals surface area contributed by atoms with Crippen LogP contribution in [0.5, 0.6) is 0 Å². The fraction of sp³-hybridized carbons (Fsp3) is 0.824. The van der Waals surface area contributed by atoms with Gasteiger partial charge in [-0.2, -0.15) is 0 Å². The first-order chi connectivity index (χ1) is 9.68. The first-order valence-corrected chi connectivity index (χ1v) is 10.3. The Balaban J connectivity index is 2.98. The SMILES string of the molecule is C=CC[C@H](O[Si](C(C)C)(C(C)C)C(C)C)[C@@H]1C[C@H]1C(=O)O. The summed E-state index contributed by atoms with van der Waals surface area (Å²) in [5.41, 5.74) is 1.56. The van der Waals surface area contributed by atoms with E-state index in [0.29, 0.717) is 16.6 Å². The summed E-state index contributed by atoms with van der Waals surface area (Å²) in [6.45, 7) is 17.4. The molecule has 21 heavy (non-hydrogen) atoms. The van der Waals surface area contributed by atoms with Crippen molar-refractivity contribution in [3.63, 3.8) is 0 Å². The number of hydrogen-bond acceptors (Lipinski definition) is 2. The van der Waals surface area contributed by atoms with Gasteiger partial charge in [-0.3, -0.25) is 4.79 Å². The van der Waals surface area contributed by atoms with E-state index in [-0.39, 0.29) is 17.9 Å². The Kier molecular flexibility index (Phi) is 6.23. The highest BCUT2D eigenvalue weighted by Gasteiger charge is 2.53. The lowest BCUT2D eigenvalue weighted by molar-refractivity contribution is -0.139. The smallest absolute Gasteiger partial charge is 0.306 e. The van der Waals surface area contributed by atoms with Crippen molar-refractivity contribution in [2.75, 3.05) is 0 Å². The highest BCUT2D eigenvalue weighted by molar-refractivity contribution is 6.77. The van der Waals surface area contributed by atoms with E-state index < -0.39 is 14.3 Å². The minimum atomic E-state index is -1.96. The van der Waals surface area contributed by atoms with Gasteiger partial charge in [0.2, 0.25) is 8.32 Å². The molecule has 0 spiro atoms. The predicted molar refractivity (Wildman–Crippen MR) is 90.0 cm³/mol. The minimum absolute atomic E-state index is 0.0301. The summed E-state index contributed by atoms with van der Waals surface area (Å²) < 4.78 is 6.77. The summed E-state index contributed by atoms with van der Waals surface area (Å²) in [5.74, 6) is -0.722. The molecule has 122 valence electrons. The molecule has 1 rings (SSSR count). The molecule has 0 aliphatic heterocycles. The Hall–Kier alpha value is -0.613. The van der Waals surface area contributed by atoms with Gasteiger partial charge in [0.05, 0.1) is 12.0 Å². The third-order valence-electron chi connectivity index (χ3n) is 5.10. The number of rotatable bonds is 9. The summed E-state index contributed by atoms with van der Waals surface area (Å²) in [7, 11) is -1.96. The third kappa shape index (κ3) is 3.78. The lowest BCUT2D eigenvalue weighted by atomic mass is 10.1. The second-order valence-electron chi connectivity index (χ2n) is 7.34. The molecule has 3 nitrogen and oxygen atoms in total. The molecule has 1 N–H and O–H groups in total. The first kappa shape index (κ1) is 18.4. The molecule has 0 aromatic rings. The zero-order valence-electron chi connectivity index (χ0n) is 14.4. The zero-order valence-corrected chi connectivity index (χ0v) is 15.4. The summed E-state index contributed by atoms with van der Waals surface area (Å²) in [5, 5.41) is 9.20. The van der Waals surface area contributed by atoms with Gasteiger partial charge in [0.25, 0.3) is 0 Å². The van der Waals surface area contributed by atoms with E-state index in [2.05, 4.69) is 48.1 Å². The summed E-state index contributed by atoms with van der Waals surface area (Å²) in [6.07, 6.45) is 3.42. The molecule has 0 heterocycles. The average Bonchev–Trinajstić information content (AvgIpc) is 3.13. The molecule has 1 aliphatic rings. The maximum atomic E-state index is 11.2. The largest absolute Gasteiger partial charge is 0.481 e. The van der Waals surface area contributed by atoms with Crippen molar-refractivity contribution in [1.29, 1.82) is 0 Å². The fourth-order valence-electron chi connectivity index (χ4n) is 4.05. The average molecular weight is 313 g/mol. The van der Waals surface area contributed by atoms with E-state index in [4.69, 9.17) is 4.43 Å². The van der Waals surface area contributed by atoms with Crippen LogP contribution in [0.25, 0.3) is 0 Å². The van der Waals surface area contributed by atoms with E-state index in [1.165, 1.54) is 0 Å². The van der Waals surface area contributed by atoms with Gasteiger partial charge in [0.1, 0.15) is 0 Å². The number of hydrogen-bond donors (Lipinski definition) is 1. The van der Waals surface area contributed by atoms with Gasteiger partial charge in [-0.25, -0.2) is 0 Å². The second-order valence-corrected chi connectivity index (χ2v) is 12.7. The zero-order chi connectivity index (χ0) is 16.4. The van der Waals surface area contributed by atoms with Gasteiger partial charge in [-0.05, 0) is 35.4 Å². The lowest BCUT2D eigenvalue weighted by Gasteiger charge is -2.44. The van der Waals surface area contributed by atoms with Crippen molar-refractivity contribution in [3.8, 4) is 0 Å². The van der Waals surface area contributed by atoms with Crippen LogP contribution in [0.4, 0.5) is 0 Å². The molecule has 1 aliphatic carbocycles. The van der Waals surface area contributed by atoms with E-state index in [9.17, 15) is 9.90 Å². The van der Waals surface area contributed by atoms with E-state index in [1.807, 2.05) is 6.08 Å². The molecule has 3 atom stereocenters. The Morgan fingerprint density at radius 2 is 1.71 bits per heavy atom. The summed E-state index contributed by atoms with van der Waals surface area (Å²) >= 11 is 0. The molecule has 0 radical (unpaired) electrons. The van der Waals surface area contributed by atoms with Gasteiger partial charge in [0.15, 0.2) is 0 Å². The van der Waals surface area contributed by atoms with Crippen molar-refractivity contribution >= 4 is 14.3 Å². The molecule has 0 saturated heterocycles. The summed E-state index contributed by atoms with van der Waals surface area (Å²) in [6, 6.07) is 0. The molecule has 4 heteroatoms. The van der Waals surface area contributed by atoms with Crippen LogP contribution in [0.3, 0.4) is 0 Å². The highest BCUT2D eigenvalue weighted by Crippen LogP contribution is 2.49. The molecule has 0 unspecified atom stereocenters. The second kappa shape index (κ2) is 7.10. The van der Waals surface area contributed by atoms with Crippen molar-refractivity contribution in [3.05, 3.63) is 12.7 Å². The normalized spacial score (nSPS) is 23.7. The van der Waals surface area contributed by atoms with Crippen LogP contribution in [0.2, 0.25) is 16.6 Å². The van der Waals surface area contributed by atoms with Crippen LogP contribution >= 0.6 is 0 Å². The Morgan fingerprint density at radius 3 is 2.00 bits per heavy atom. The Morgan fingerprint density at radius 1 is 1.24 bits per heavy atom. The standard InChI is InChI=1S/C17H32O3Si/c1-8-9-16(14-10-15(14)17(18)19)20-21(11(2)3,12(4)5)13(6)7/h8,11-16H,1,9-10H2,2-7H3,(H,18,19)/t14-,15-,16+/m1/s1.